The molecule has 3 aromatic heterocycles. The van der Waals surface area contributed by atoms with Gasteiger partial charge in [-0.15, -0.1) is 5.10 Å². The molecule has 204 valence electrons. The van der Waals surface area contributed by atoms with Crippen molar-refractivity contribution in [2.24, 2.45) is 5.92 Å². The van der Waals surface area contributed by atoms with Crippen LogP contribution in [-0.2, 0) is 4.74 Å². The second kappa shape index (κ2) is 11.0. The number of pyridine rings is 1. The van der Waals surface area contributed by atoms with Crippen LogP contribution in [0.1, 0.15) is 51.0 Å². The molecule has 0 radical (unpaired) electrons. The summed E-state index contributed by atoms with van der Waals surface area (Å²) >= 11 is 0. The summed E-state index contributed by atoms with van der Waals surface area (Å²) < 4.78 is 44.3. The maximum atomic E-state index is 15.2. The van der Waals surface area contributed by atoms with E-state index in [0.717, 1.165) is 35.1 Å². The number of anilines is 1. The average molecular weight is 537 g/mol. The van der Waals surface area contributed by atoms with Crippen molar-refractivity contribution in [3.63, 3.8) is 0 Å². The van der Waals surface area contributed by atoms with Gasteiger partial charge in [-0.05, 0) is 53.8 Å². The summed E-state index contributed by atoms with van der Waals surface area (Å²) in [5.41, 5.74) is 7.99. The van der Waals surface area contributed by atoms with Crippen LogP contribution in [0.2, 0.25) is 0 Å². The molecule has 0 atom stereocenters. The molecule has 6 rings (SSSR count). The molecule has 39 heavy (non-hydrogen) atoms. The van der Waals surface area contributed by atoms with E-state index in [9.17, 15) is 4.39 Å². The molecule has 0 unspecified atom stereocenters. The van der Waals surface area contributed by atoms with E-state index in [1.165, 1.54) is 37.8 Å². The van der Waals surface area contributed by atoms with Crippen molar-refractivity contribution in [1.82, 2.24) is 35.0 Å². The van der Waals surface area contributed by atoms with Crippen LogP contribution in [-0.4, -0.2) is 54.8 Å². The number of nitrogens with zero attached hydrogens (tertiary/aromatic N) is 7. The Morgan fingerprint density at radius 3 is 2.67 bits per heavy atom. The van der Waals surface area contributed by atoms with E-state index < -0.39 is 11.6 Å². The number of hydrogen-bond acceptors (Lipinski definition) is 8. The number of tetrazole rings is 1. The fourth-order valence-corrected chi connectivity index (χ4v) is 5.40. The Hall–Kier alpha value is -3.93. The van der Waals surface area contributed by atoms with Crippen molar-refractivity contribution < 1.29 is 18.3 Å². The van der Waals surface area contributed by atoms with Gasteiger partial charge in [0.15, 0.2) is 17.4 Å². The molecule has 1 saturated carbocycles. The molecule has 2 fully saturated rings. The molecule has 1 aliphatic carbocycles. The standard InChI is InChI=1S/C27H30F2N8O2/c28-24-22(5-6-23(25(24)29)39-12-7-17-3-1-2-4-17)37-27(33-34-35-37)21-13-18(14-31-26(21)30)19-15-32-36(16-19)20-8-10-38-11-9-20/h5-6,13-17,20H,1-4,7-12H2,(H2,30,31). The Labute approximate surface area is 224 Å². The third-order valence-corrected chi connectivity index (χ3v) is 7.64. The van der Waals surface area contributed by atoms with Gasteiger partial charge < -0.3 is 15.2 Å². The van der Waals surface area contributed by atoms with Gasteiger partial charge in [-0.3, -0.25) is 4.68 Å². The van der Waals surface area contributed by atoms with E-state index in [2.05, 4.69) is 25.6 Å². The molecule has 2 N–H and O–H groups in total. The summed E-state index contributed by atoms with van der Waals surface area (Å²) in [6.45, 7) is 1.76. The smallest absolute Gasteiger partial charge is 0.202 e. The van der Waals surface area contributed by atoms with Crippen LogP contribution >= 0.6 is 0 Å². The Kier molecular flexibility index (Phi) is 7.18. The highest BCUT2D eigenvalue weighted by Crippen LogP contribution is 2.33. The predicted molar refractivity (Wildman–Crippen MR) is 139 cm³/mol. The van der Waals surface area contributed by atoms with Gasteiger partial charge in [0, 0.05) is 36.7 Å². The van der Waals surface area contributed by atoms with E-state index in [-0.39, 0.29) is 29.1 Å². The molecule has 0 amide bonds. The maximum absolute atomic E-state index is 15.2. The number of aromatic nitrogens is 7. The lowest BCUT2D eigenvalue weighted by Crippen LogP contribution is -2.19. The minimum Gasteiger partial charge on any atom is -0.490 e. The number of benzene rings is 1. The van der Waals surface area contributed by atoms with Gasteiger partial charge in [-0.2, -0.15) is 14.2 Å². The minimum absolute atomic E-state index is 0.131. The van der Waals surface area contributed by atoms with Gasteiger partial charge in [0.1, 0.15) is 11.5 Å². The van der Waals surface area contributed by atoms with E-state index >= 15 is 4.39 Å². The first-order valence-electron chi connectivity index (χ1n) is 13.4. The van der Waals surface area contributed by atoms with Gasteiger partial charge in [-0.1, -0.05) is 25.7 Å². The van der Waals surface area contributed by atoms with Gasteiger partial charge in [0.05, 0.1) is 24.4 Å². The van der Waals surface area contributed by atoms with Crippen molar-refractivity contribution >= 4 is 5.82 Å². The van der Waals surface area contributed by atoms with Crippen molar-refractivity contribution in [3.05, 3.63) is 48.4 Å². The van der Waals surface area contributed by atoms with Crippen molar-refractivity contribution in [2.75, 3.05) is 25.6 Å². The molecule has 12 heteroatoms. The van der Waals surface area contributed by atoms with E-state index in [1.807, 2.05) is 10.9 Å². The second-order valence-corrected chi connectivity index (χ2v) is 10.1. The fourth-order valence-electron chi connectivity index (χ4n) is 5.40. The van der Waals surface area contributed by atoms with Crippen LogP contribution in [0.25, 0.3) is 28.2 Å². The number of nitrogen functional groups attached to an aromatic ring is 1. The molecular weight excluding hydrogens is 506 g/mol. The van der Waals surface area contributed by atoms with Crippen molar-refractivity contribution in [2.45, 2.75) is 51.0 Å². The zero-order valence-corrected chi connectivity index (χ0v) is 21.5. The van der Waals surface area contributed by atoms with Gasteiger partial charge in [0.2, 0.25) is 5.82 Å². The highest BCUT2D eigenvalue weighted by molar-refractivity contribution is 5.76. The van der Waals surface area contributed by atoms with Gasteiger partial charge in [-0.25, -0.2) is 9.37 Å². The van der Waals surface area contributed by atoms with Crippen LogP contribution in [0.4, 0.5) is 14.6 Å². The minimum atomic E-state index is -1.11. The highest BCUT2D eigenvalue weighted by Gasteiger charge is 2.23. The SMILES string of the molecule is Nc1ncc(-c2cnn(C3CCOCC3)c2)cc1-c1nnnn1-c1ccc(OCCC2CCCC2)c(F)c1F. The van der Waals surface area contributed by atoms with E-state index in [0.29, 0.717) is 31.3 Å². The summed E-state index contributed by atoms with van der Waals surface area (Å²) in [6.07, 6.45) is 12.7. The Bertz CT molecular complexity index is 1440. The lowest BCUT2D eigenvalue weighted by atomic mass is 10.1. The number of halogens is 2. The monoisotopic (exact) mass is 536 g/mol. The first-order chi connectivity index (χ1) is 19.1. The Morgan fingerprint density at radius 1 is 1.03 bits per heavy atom. The summed E-state index contributed by atoms with van der Waals surface area (Å²) in [6, 6.07) is 4.84. The van der Waals surface area contributed by atoms with Crippen molar-refractivity contribution in [1.29, 1.82) is 0 Å². The first kappa shape index (κ1) is 25.4. The molecule has 0 spiro atoms. The molecule has 2 aliphatic rings. The number of ether oxygens (including phenoxy) is 2. The average Bonchev–Trinajstić information content (AvgIpc) is 3.75. The summed E-state index contributed by atoms with van der Waals surface area (Å²) in [5, 5.41) is 16.2. The van der Waals surface area contributed by atoms with Gasteiger partial charge in [0.25, 0.3) is 0 Å². The largest absolute Gasteiger partial charge is 0.490 e. The third-order valence-electron chi connectivity index (χ3n) is 7.64. The van der Waals surface area contributed by atoms with Crippen LogP contribution < -0.4 is 10.5 Å². The normalized spacial score (nSPS) is 16.7. The number of hydrogen-bond donors (Lipinski definition) is 1. The Balaban J connectivity index is 1.25. The predicted octanol–water partition coefficient (Wildman–Crippen LogP) is 4.76. The number of rotatable bonds is 8. The molecule has 1 aromatic carbocycles. The second-order valence-electron chi connectivity index (χ2n) is 10.1. The lowest BCUT2D eigenvalue weighted by Gasteiger charge is -2.22. The molecule has 1 saturated heterocycles. The van der Waals surface area contributed by atoms with E-state index in [1.54, 1.807) is 18.5 Å². The van der Waals surface area contributed by atoms with Crippen LogP contribution in [0.3, 0.4) is 0 Å². The lowest BCUT2D eigenvalue weighted by molar-refractivity contribution is 0.0662. The maximum Gasteiger partial charge on any atom is 0.202 e. The molecular formula is C27H30F2N8O2. The zero-order valence-electron chi connectivity index (χ0n) is 21.5. The van der Waals surface area contributed by atoms with E-state index in [4.69, 9.17) is 15.2 Å². The summed E-state index contributed by atoms with van der Waals surface area (Å²) in [4.78, 5) is 4.31. The molecule has 4 heterocycles. The highest BCUT2D eigenvalue weighted by atomic mass is 19.2. The van der Waals surface area contributed by atoms with Crippen molar-refractivity contribution in [3.8, 4) is 34.0 Å². The Morgan fingerprint density at radius 2 is 1.85 bits per heavy atom. The van der Waals surface area contributed by atoms with Gasteiger partial charge >= 0.3 is 0 Å². The quantitative estimate of drug-likeness (QED) is 0.342. The van der Waals surface area contributed by atoms with Crippen LogP contribution in [0, 0.1) is 17.6 Å². The zero-order chi connectivity index (χ0) is 26.8. The molecule has 4 aromatic rings. The topological polar surface area (TPSA) is 119 Å². The third kappa shape index (κ3) is 5.20. The van der Waals surface area contributed by atoms with Crippen LogP contribution in [0.5, 0.6) is 5.75 Å². The molecule has 0 bridgehead atoms. The first-order valence-corrected chi connectivity index (χ1v) is 13.4. The summed E-state index contributed by atoms with van der Waals surface area (Å²) in [5.74, 6) is -1.45. The summed E-state index contributed by atoms with van der Waals surface area (Å²) in [7, 11) is 0. The molecule has 10 nitrogen and oxygen atoms in total. The molecule has 1 aliphatic heterocycles. The fraction of sp³-hybridized carbons (Fsp3) is 0.444. The van der Waals surface area contributed by atoms with Crippen LogP contribution in [0.15, 0.2) is 36.8 Å². The number of nitrogens with two attached hydrogens (primary N) is 1.